The van der Waals surface area contributed by atoms with E-state index in [1.807, 2.05) is 6.92 Å². The molecule has 216 valence electrons. The van der Waals surface area contributed by atoms with E-state index < -0.39 is 75.4 Å². The number of hydrogen-bond donors (Lipinski definition) is 3. The van der Waals surface area contributed by atoms with Crippen LogP contribution in [0.5, 0.6) is 5.75 Å². The number of amides is 2. The Kier molecular flexibility index (Phi) is 6.85. The molecule has 1 saturated heterocycles. The zero-order valence-electron chi connectivity index (χ0n) is 22.4. The highest BCUT2D eigenvalue weighted by atomic mass is 19.1. The third-order valence-electron chi connectivity index (χ3n) is 7.60. The van der Waals surface area contributed by atoms with Gasteiger partial charge in [-0.25, -0.2) is 13.2 Å². The number of aromatic nitrogens is 1. The van der Waals surface area contributed by atoms with Crippen molar-refractivity contribution in [1.29, 1.82) is 0 Å². The van der Waals surface area contributed by atoms with Crippen LogP contribution in [0.15, 0.2) is 28.3 Å². The van der Waals surface area contributed by atoms with Gasteiger partial charge < -0.3 is 29.8 Å². The Morgan fingerprint density at radius 2 is 1.95 bits per heavy atom. The third kappa shape index (κ3) is 5.04. The summed E-state index contributed by atoms with van der Waals surface area (Å²) >= 11 is 0. The number of halogens is 3. The molecule has 0 aliphatic carbocycles. The average Bonchev–Trinajstić information content (AvgIpc) is 3.26. The molecule has 5 rings (SSSR count). The Labute approximate surface area is 232 Å². The first-order valence-electron chi connectivity index (χ1n) is 12.9. The van der Waals surface area contributed by atoms with Gasteiger partial charge in [0.1, 0.15) is 34.3 Å². The smallest absolute Gasteiger partial charge is 0.274 e. The molecule has 3 aliphatic rings. The van der Waals surface area contributed by atoms with Gasteiger partial charge >= 0.3 is 0 Å². The minimum atomic E-state index is -1.27. The highest BCUT2D eigenvalue weighted by Gasteiger charge is 2.54. The summed E-state index contributed by atoms with van der Waals surface area (Å²) in [7, 11) is 0. The van der Waals surface area contributed by atoms with Crippen LogP contribution in [-0.4, -0.2) is 61.0 Å². The molecule has 13 heteroatoms. The first-order chi connectivity index (χ1) is 19.2. The van der Waals surface area contributed by atoms with Crippen LogP contribution in [0.3, 0.4) is 0 Å². The topological polar surface area (TPSA) is 133 Å². The number of aromatic hydroxyl groups is 1. The van der Waals surface area contributed by atoms with E-state index in [0.29, 0.717) is 30.7 Å². The fourth-order valence-electron chi connectivity index (χ4n) is 5.41. The van der Waals surface area contributed by atoms with Crippen LogP contribution < -0.4 is 10.7 Å². The lowest BCUT2D eigenvalue weighted by Crippen LogP contribution is -2.52. The van der Waals surface area contributed by atoms with Crippen LogP contribution in [0.4, 0.5) is 13.2 Å². The molecule has 0 saturated carbocycles. The molecule has 3 aliphatic heterocycles. The lowest BCUT2D eigenvalue weighted by Gasteiger charge is -2.41. The summed E-state index contributed by atoms with van der Waals surface area (Å²) in [6.45, 7) is 4.27. The number of benzene rings is 1. The monoisotopic (exact) mass is 572 g/mol. The molecule has 2 bridgehead atoms. The van der Waals surface area contributed by atoms with Gasteiger partial charge in [-0.3, -0.25) is 14.4 Å². The van der Waals surface area contributed by atoms with Crippen molar-refractivity contribution < 1.29 is 37.8 Å². The number of nitrogens with one attached hydrogen (secondary N) is 1. The predicted octanol–water partition coefficient (Wildman–Crippen LogP) is 2.37. The van der Waals surface area contributed by atoms with Crippen LogP contribution in [0.25, 0.3) is 0 Å². The number of aliphatic hydroxyl groups is 1. The van der Waals surface area contributed by atoms with E-state index >= 15 is 0 Å². The standard InChI is InChI=1S/C28H27F3N4O6/c1-14-4-7-28(10-16(33-41-28)5-6-27(2,3)40)21-13-34(14)26(39)22-24(37)23(36)18(12-35(21)22)25(38)32-11-17-19(30)8-15(29)9-20(17)31/h8-9,12,14,21,37,40H,4,7,10-11,13H2,1-3H3,(H,32,38)/t14-,21+,28-/m0/s1. The minimum absolute atomic E-state index is 0.115. The van der Waals surface area contributed by atoms with Crippen LogP contribution in [0, 0.1) is 29.3 Å². The zero-order chi connectivity index (χ0) is 29.9. The van der Waals surface area contributed by atoms with Crippen molar-refractivity contribution in [1.82, 2.24) is 14.8 Å². The van der Waals surface area contributed by atoms with E-state index in [1.165, 1.54) is 23.3 Å². The molecule has 1 aromatic carbocycles. The number of fused-ring (bicyclic) bond motifs is 5. The van der Waals surface area contributed by atoms with E-state index in [1.54, 1.807) is 0 Å². The lowest BCUT2D eigenvalue weighted by molar-refractivity contribution is -0.0655. The second-order valence-corrected chi connectivity index (χ2v) is 11.0. The van der Waals surface area contributed by atoms with E-state index in [2.05, 4.69) is 22.3 Å². The van der Waals surface area contributed by atoms with Crippen molar-refractivity contribution in [3.05, 3.63) is 62.8 Å². The van der Waals surface area contributed by atoms with Crippen molar-refractivity contribution in [3.63, 3.8) is 0 Å². The molecule has 4 heterocycles. The van der Waals surface area contributed by atoms with Crippen molar-refractivity contribution in [2.75, 3.05) is 6.54 Å². The van der Waals surface area contributed by atoms with Crippen LogP contribution in [0.1, 0.15) is 72.5 Å². The van der Waals surface area contributed by atoms with E-state index in [-0.39, 0.29) is 24.7 Å². The number of pyridine rings is 1. The molecule has 1 fully saturated rings. The number of carbonyl (C=O) groups excluding carboxylic acids is 2. The molecular weight excluding hydrogens is 545 g/mol. The van der Waals surface area contributed by atoms with Gasteiger partial charge in [0.05, 0.1) is 6.04 Å². The largest absolute Gasteiger partial charge is 0.503 e. The van der Waals surface area contributed by atoms with Gasteiger partial charge in [-0.2, -0.15) is 0 Å². The fraction of sp³-hybridized carbons (Fsp3) is 0.429. The number of oxime groups is 1. The minimum Gasteiger partial charge on any atom is -0.503 e. The molecule has 3 atom stereocenters. The summed E-state index contributed by atoms with van der Waals surface area (Å²) < 4.78 is 42.7. The molecular formula is C28H27F3N4O6. The Morgan fingerprint density at radius 3 is 2.61 bits per heavy atom. The second-order valence-electron chi connectivity index (χ2n) is 11.0. The maximum absolute atomic E-state index is 14.1. The molecule has 1 aromatic heterocycles. The highest BCUT2D eigenvalue weighted by Crippen LogP contribution is 2.46. The number of hydrogen-bond acceptors (Lipinski definition) is 7. The Hall–Kier alpha value is -4.31. The van der Waals surface area contributed by atoms with Crippen LogP contribution >= 0.6 is 0 Å². The SMILES string of the molecule is C[C@H]1CC[C@]2(CC(C#CC(C)(C)O)=NO2)[C@H]2CN1C(=O)c1c(O)c(=O)c(C(=O)NCc3c(F)cc(F)cc3F)cn12. The van der Waals surface area contributed by atoms with Gasteiger partial charge in [-0.15, -0.1) is 0 Å². The average molecular weight is 573 g/mol. The quantitative estimate of drug-likeness (QED) is 0.484. The summed E-state index contributed by atoms with van der Waals surface area (Å²) in [5, 5.41) is 27.2. The molecule has 3 N–H and O–H groups in total. The maximum atomic E-state index is 14.1. The Balaban J connectivity index is 1.53. The van der Waals surface area contributed by atoms with Gasteiger partial charge in [-0.05, 0) is 39.5 Å². The maximum Gasteiger partial charge on any atom is 0.274 e. The Bertz CT molecular complexity index is 1600. The molecule has 2 aromatic rings. The van der Waals surface area contributed by atoms with Gasteiger partial charge in [0, 0.05) is 49.4 Å². The first-order valence-corrected chi connectivity index (χ1v) is 12.9. The summed E-state index contributed by atoms with van der Waals surface area (Å²) in [5.74, 6) is -0.727. The van der Waals surface area contributed by atoms with E-state index in [0.717, 1.165) is 6.20 Å². The molecule has 1 spiro atoms. The van der Waals surface area contributed by atoms with Crippen molar-refractivity contribution >= 4 is 17.5 Å². The number of carbonyl (C=O) groups is 2. The van der Waals surface area contributed by atoms with Gasteiger partial charge in [-0.1, -0.05) is 11.1 Å². The summed E-state index contributed by atoms with van der Waals surface area (Å²) in [6, 6.07) is -0.0722. The fourth-order valence-corrected chi connectivity index (χ4v) is 5.41. The normalized spacial score (nSPS) is 23.2. The second kappa shape index (κ2) is 9.95. The van der Waals surface area contributed by atoms with Gasteiger partial charge in [0.2, 0.25) is 5.43 Å². The van der Waals surface area contributed by atoms with E-state index in [4.69, 9.17) is 4.84 Å². The van der Waals surface area contributed by atoms with Gasteiger partial charge in [0.25, 0.3) is 11.8 Å². The molecule has 0 radical (unpaired) electrons. The number of nitrogens with zero attached hydrogens (tertiary/aromatic N) is 3. The van der Waals surface area contributed by atoms with Crippen LogP contribution in [-0.2, 0) is 11.4 Å². The molecule has 10 nitrogen and oxygen atoms in total. The zero-order valence-corrected chi connectivity index (χ0v) is 22.4. The summed E-state index contributed by atoms with van der Waals surface area (Å²) in [6.07, 6.45) is 2.24. The first kappa shape index (κ1) is 28.2. The third-order valence-corrected chi connectivity index (χ3v) is 7.60. The Morgan fingerprint density at radius 1 is 1.27 bits per heavy atom. The summed E-state index contributed by atoms with van der Waals surface area (Å²) in [4.78, 5) is 47.0. The van der Waals surface area contributed by atoms with Crippen LogP contribution in [0.2, 0.25) is 0 Å². The van der Waals surface area contributed by atoms with Crippen molar-refractivity contribution in [3.8, 4) is 17.6 Å². The highest BCUT2D eigenvalue weighted by molar-refractivity contribution is 6.02. The van der Waals surface area contributed by atoms with E-state index in [9.17, 15) is 37.8 Å². The predicted molar refractivity (Wildman–Crippen MR) is 139 cm³/mol. The summed E-state index contributed by atoms with van der Waals surface area (Å²) in [5.41, 5.74) is -4.65. The number of rotatable bonds is 3. The molecule has 2 amide bonds. The van der Waals surface area contributed by atoms with Crippen molar-refractivity contribution in [2.45, 2.75) is 69.9 Å². The van der Waals surface area contributed by atoms with Crippen molar-refractivity contribution in [2.24, 2.45) is 5.16 Å². The molecule has 41 heavy (non-hydrogen) atoms. The van der Waals surface area contributed by atoms with Gasteiger partial charge in [0.15, 0.2) is 17.0 Å². The lowest BCUT2D eigenvalue weighted by atomic mass is 9.84. The molecule has 0 unspecified atom stereocenters.